The summed E-state index contributed by atoms with van der Waals surface area (Å²) < 4.78 is 11.1. The van der Waals surface area contributed by atoms with E-state index < -0.39 is 6.09 Å². The molecule has 3 aromatic rings. The number of rotatable bonds is 9. The molecule has 0 radical (unpaired) electrons. The van der Waals surface area contributed by atoms with Gasteiger partial charge in [-0.1, -0.05) is 55.5 Å². The van der Waals surface area contributed by atoms with Crippen molar-refractivity contribution in [2.45, 2.75) is 39.3 Å². The number of carbonyl (C=O) groups excluding carboxylic acids is 2. The average molecular weight is 408 g/mol. The molecule has 0 saturated carbocycles. The van der Waals surface area contributed by atoms with Crippen LogP contribution >= 0.6 is 0 Å². The normalized spacial score (nSPS) is 10.7. The highest BCUT2D eigenvalue weighted by Gasteiger charge is 2.17. The van der Waals surface area contributed by atoms with Gasteiger partial charge in [0.05, 0.1) is 0 Å². The quantitative estimate of drug-likeness (QED) is 0.523. The minimum absolute atomic E-state index is 0.0294. The van der Waals surface area contributed by atoms with Gasteiger partial charge in [0.25, 0.3) is 0 Å². The maximum absolute atomic E-state index is 12.5. The first-order chi connectivity index (χ1) is 14.6. The zero-order valence-corrected chi connectivity index (χ0v) is 17.5. The van der Waals surface area contributed by atoms with Crippen molar-refractivity contribution in [3.8, 4) is 0 Å². The van der Waals surface area contributed by atoms with E-state index in [1.165, 1.54) is 0 Å². The van der Waals surface area contributed by atoms with Crippen LogP contribution < -0.4 is 5.32 Å². The summed E-state index contributed by atoms with van der Waals surface area (Å²) in [6, 6.07) is 17.4. The van der Waals surface area contributed by atoms with Crippen LogP contribution in [0.2, 0.25) is 0 Å². The fraction of sp³-hybridized carbons (Fsp3) is 0.333. The predicted octanol–water partition coefficient (Wildman–Crippen LogP) is 4.66. The molecule has 0 aliphatic heterocycles. The average Bonchev–Trinajstić information content (AvgIpc) is 3.13. The zero-order chi connectivity index (χ0) is 21.3. The number of aryl methyl sites for hydroxylation is 1. The number of carbonyl (C=O) groups is 2. The minimum atomic E-state index is -0.475. The van der Waals surface area contributed by atoms with Gasteiger partial charge in [0.2, 0.25) is 5.91 Å². The van der Waals surface area contributed by atoms with Crippen molar-refractivity contribution >= 4 is 23.0 Å². The van der Waals surface area contributed by atoms with Crippen molar-refractivity contribution in [1.82, 2.24) is 10.2 Å². The number of ether oxygens (including phenoxy) is 1. The third kappa shape index (κ3) is 5.63. The Labute approximate surface area is 176 Å². The second-order valence-corrected chi connectivity index (χ2v) is 7.20. The van der Waals surface area contributed by atoms with Crippen LogP contribution in [0.4, 0.5) is 4.79 Å². The summed E-state index contributed by atoms with van der Waals surface area (Å²) in [5, 5.41) is 3.74. The van der Waals surface area contributed by atoms with E-state index in [0.29, 0.717) is 25.9 Å². The van der Waals surface area contributed by atoms with Gasteiger partial charge in [-0.05, 0) is 18.1 Å². The summed E-state index contributed by atoms with van der Waals surface area (Å²) in [5.74, 6) is 0.945. The molecular formula is C24H28N2O4. The maximum Gasteiger partial charge on any atom is 0.407 e. The molecule has 0 aliphatic rings. The summed E-state index contributed by atoms with van der Waals surface area (Å²) >= 11 is 0. The van der Waals surface area contributed by atoms with Crippen molar-refractivity contribution in [2.24, 2.45) is 0 Å². The Bertz CT molecular complexity index is 981. The standard InChI is InChI=1S/C24H28N2O4/c1-3-21-20(19-12-7-8-13-22(19)30-21)16-26(2)23(27)14-9-15-25-24(28)29-17-18-10-5-4-6-11-18/h4-8,10-13H,3,9,14-17H2,1-2H3,(H,25,28). The lowest BCUT2D eigenvalue weighted by Crippen LogP contribution is -2.29. The summed E-state index contributed by atoms with van der Waals surface area (Å²) in [5.41, 5.74) is 2.85. The fourth-order valence-electron chi connectivity index (χ4n) is 3.33. The first kappa shape index (κ1) is 21.4. The van der Waals surface area contributed by atoms with Crippen LogP contribution in [0.25, 0.3) is 11.0 Å². The van der Waals surface area contributed by atoms with Gasteiger partial charge in [-0.25, -0.2) is 4.79 Å². The molecule has 1 heterocycles. The molecule has 0 fully saturated rings. The summed E-state index contributed by atoms with van der Waals surface area (Å²) in [6.45, 7) is 3.17. The number of benzene rings is 2. The Morgan fingerprint density at radius 1 is 1.07 bits per heavy atom. The minimum Gasteiger partial charge on any atom is -0.461 e. The summed E-state index contributed by atoms with van der Waals surface area (Å²) in [7, 11) is 1.80. The van der Waals surface area contributed by atoms with Gasteiger partial charge >= 0.3 is 6.09 Å². The number of nitrogens with one attached hydrogen (secondary N) is 1. The molecule has 30 heavy (non-hydrogen) atoms. The fourth-order valence-corrected chi connectivity index (χ4v) is 3.33. The van der Waals surface area contributed by atoms with Gasteiger partial charge in [0.1, 0.15) is 18.0 Å². The topological polar surface area (TPSA) is 71.8 Å². The van der Waals surface area contributed by atoms with Gasteiger partial charge in [0, 0.05) is 43.9 Å². The smallest absolute Gasteiger partial charge is 0.407 e. The van der Waals surface area contributed by atoms with Gasteiger partial charge in [0.15, 0.2) is 0 Å². The van der Waals surface area contributed by atoms with Crippen LogP contribution in [0.5, 0.6) is 0 Å². The van der Waals surface area contributed by atoms with Crippen molar-refractivity contribution in [3.63, 3.8) is 0 Å². The molecule has 2 aromatic carbocycles. The van der Waals surface area contributed by atoms with Crippen molar-refractivity contribution in [2.75, 3.05) is 13.6 Å². The van der Waals surface area contributed by atoms with E-state index in [9.17, 15) is 9.59 Å². The third-order valence-corrected chi connectivity index (χ3v) is 4.97. The molecule has 0 atom stereocenters. The molecule has 0 unspecified atom stereocenters. The lowest BCUT2D eigenvalue weighted by atomic mass is 10.1. The van der Waals surface area contributed by atoms with E-state index in [4.69, 9.17) is 9.15 Å². The SMILES string of the molecule is CCc1oc2ccccc2c1CN(C)C(=O)CCCNC(=O)OCc1ccccc1. The molecule has 0 bridgehead atoms. The number of alkyl carbamates (subject to hydrolysis) is 1. The number of hydrogen-bond acceptors (Lipinski definition) is 4. The molecule has 2 amide bonds. The Hall–Kier alpha value is -3.28. The van der Waals surface area contributed by atoms with Crippen molar-refractivity contribution < 1.29 is 18.7 Å². The van der Waals surface area contributed by atoms with Crippen LogP contribution in [0, 0.1) is 0 Å². The van der Waals surface area contributed by atoms with Gasteiger partial charge in [-0.3, -0.25) is 4.79 Å². The number of hydrogen-bond donors (Lipinski definition) is 1. The molecule has 0 saturated heterocycles. The van der Waals surface area contributed by atoms with E-state index >= 15 is 0 Å². The third-order valence-electron chi connectivity index (χ3n) is 4.97. The highest BCUT2D eigenvalue weighted by atomic mass is 16.5. The number of para-hydroxylation sites is 1. The Morgan fingerprint density at radius 2 is 1.80 bits per heavy atom. The largest absolute Gasteiger partial charge is 0.461 e. The monoisotopic (exact) mass is 408 g/mol. The molecule has 6 heteroatoms. The van der Waals surface area contributed by atoms with Crippen LogP contribution in [-0.2, 0) is 29.1 Å². The second-order valence-electron chi connectivity index (χ2n) is 7.20. The van der Waals surface area contributed by atoms with Gasteiger partial charge in [-0.15, -0.1) is 0 Å². The highest BCUT2D eigenvalue weighted by Crippen LogP contribution is 2.27. The zero-order valence-electron chi connectivity index (χ0n) is 17.5. The Balaban J connectivity index is 1.41. The van der Waals surface area contributed by atoms with Crippen LogP contribution in [0.3, 0.4) is 0 Å². The lowest BCUT2D eigenvalue weighted by Gasteiger charge is -2.17. The van der Waals surface area contributed by atoms with Gasteiger partial charge in [-0.2, -0.15) is 0 Å². The predicted molar refractivity (Wildman–Crippen MR) is 116 cm³/mol. The summed E-state index contributed by atoms with van der Waals surface area (Å²) in [6.07, 6.45) is 1.21. The first-order valence-corrected chi connectivity index (χ1v) is 10.3. The maximum atomic E-state index is 12.5. The number of furan rings is 1. The molecule has 158 valence electrons. The molecule has 1 aromatic heterocycles. The van der Waals surface area contributed by atoms with E-state index in [2.05, 4.69) is 5.32 Å². The van der Waals surface area contributed by atoms with E-state index in [-0.39, 0.29) is 12.5 Å². The van der Waals surface area contributed by atoms with Crippen LogP contribution in [-0.4, -0.2) is 30.5 Å². The molecule has 3 rings (SSSR count). The first-order valence-electron chi connectivity index (χ1n) is 10.3. The molecule has 0 aliphatic carbocycles. The molecule has 1 N–H and O–H groups in total. The lowest BCUT2D eigenvalue weighted by molar-refractivity contribution is -0.130. The summed E-state index contributed by atoms with van der Waals surface area (Å²) in [4.78, 5) is 26.0. The van der Waals surface area contributed by atoms with Crippen molar-refractivity contribution in [1.29, 1.82) is 0 Å². The van der Waals surface area contributed by atoms with Crippen LogP contribution in [0.15, 0.2) is 59.0 Å². The Morgan fingerprint density at radius 3 is 2.57 bits per heavy atom. The second kappa shape index (κ2) is 10.5. The highest BCUT2D eigenvalue weighted by molar-refractivity contribution is 5.83. The van der Waals surface area contributed by atoms with Gasteiger partial charge < -0.3 is 19.4 Å². The van der Waals surface area contributed by atoms with Crippen molar-refractivity contribution in [3.05, 3.63) is 71.5 Å². The van der Waals surface area contributed by atoms with Crippen LogP contribution in [0.1, 0.15) is 36.7 Å². The van der Waals surface area contributed by atoms with E-state index in [1.807, 2.05) is 61.5 Å². The Kier molecular flexibility index (Phi) is 7.49. The van der Waals surface area contributed by atoms with E-state index in [1.54, 1.807) is 11.9 Å². The molecular weight excluding hydrogens is 380 g/mol. The molecule has 0 spiro atoms. The number of nitrogens with zero attached hydrogens (tertiary/aromatic N) is 1. The molecule has 6 nitrogen and oxygen atoms in total. The number of fused-ring (bicyclic) bond motifs is 1. The van der Waals surface area contributed by atoms with E-state index in [0.717, 1.165) is 34.3 Å². The number of amides is 2.